The van der Waals surface area contributed by atoms with Crippen LogP contribution in [0.4, 0.5) is 5.95 Å². The van der Waals surface area contributed by atoms with E-state index in [-0.39, 0.29) is 23.3 Å². The molecule has 0 saturated carbocycles. The first-order valence-corrected chi connectivity index (χ1v) is 9.49. The highest BCUT2D eigenvalue weighted by Crippen LogP contribution is 2.22. The number of hydrogen-bond donors (Lipinski definition) is 1. The highest BCUT2D eigenvalue weighted by molar-refractivity contribution is 6.30. The maximum atomic E-state index is 13.3. The summed E-state index contributed by atoms with van der Waals surface area (Å²) in [6.45, 7) is 1.64. The second-order valence-electron chi connectivity index (χ2n) is 6.94. The topological polar surface area (TPSA) is 101 Å². The van der Waals surface area contributed by atoms with Crippen LogP contribution in [0.5, 0.6) is 0 Å². The van der Waals surface area contributed by atoms with E-state index in [1.165, 1.54) is 12.3 Å². The lowest BCUT2D eigenvalue weighted by Crippen LogP contribution is -2.45. The quantitative estimate of drug-likeness (QED) is 0.684. The number of halogens is 1. The summed E-state index contributed by atoms with van der Waals surface area (Å²) < 4.78 is 1.60. The molecule has 4 rings (SSSR count). The third kappa shape index (κ3) is 3.44. The molecule has 0 amide bonds. The number of hydrogen-bond acceptors (Lipinski definition) is 6. The number of pyridine rings is 1. The van der Waals surface area contributed by atoms with Crippen LogP contribution in [-0.4, -0.2) is 33.7 Å². The number of nitriles is 1. The Bertz CT molecular complexity index is 1140. The van der Waals surface area contributed by atoms with Gasteiger partial charge in [0.05, 0.1) is 35.3 Å². The fourth-order valence-corrected chi connectivity index (χ4v) is 3.76. The molecular weight excluding hydrogens is 376 g/mol. The van der Waals surface area contributed by atoms with Crippen molar-refractivity contribution in [1.82, 2.24) is 14.5 Å². The van der Waals surface area contributed by atoms with Crippen LogP contribution < -0.4 is 16.2 Å². The maximum Gasteiger partial charge on any atom is 0.263 e. The van der Waals surface area contributed by atoms with Gasteiger partial charge in [0.25, 0.3) is 5.56 Å². The standard InChI is InChI=1S/C20H19ClN6O/c21-18-8-16-17(10-24-18)25-20(26-7-3-6-15(23)12-26)27(19(16)28)11-14-5-2-1-4-13(14)9-22/h1-2,4-5,8,10,15H,3,6-7,11-12,23H2/t15-/m1/s1. The van der Waals surface area contributed by atoms with Crippen LogP contribution in [0, 0.1) is 11.3 Å². The molecule has 1 aliphatic rings. The Kier molecular flexibility index (Phi) is 4.99. The summed E-state index contributed by atoms with van der Waals surface area (Å²) in [5.41, 5.74) is 7.72. The number of fused-ring (bicyclic) bond motifs is 1. The van der Waals surface area contributed by atoms with Gasteiger partial charge in [-0.2, -0.15) is 5.26 Å². The van der Waals surface area contributed by atoms with Crippen molar-refractivity contribution in [2.24, 2.45) is 5.73 Å². The molecule has 0 bridgehead atoms. The number of benzene rings is 1. The maximum absolute atomic E-state index is 13.3. The third-order valence-electron chi connectivity index (χ3n) is 4.99. The van der Waals surface area contributed by atoms with Crippen LogP contribution in [0.1, 0.15) is 24.0 Å². The Labute approximate surface area is 167 Å². The molecule has 1 saturated heterocycles. The number of piperidine rings is 1. The van der Waals surface area contributed by atoms with Gasteiger partial charge in [0.2, 0.25) is 5.95 Å². The number of anilines is 1. The minimum atomic E-state index is -0.212. The molecule has 28 heavy (non-hydrogen) atoms. The summed E-state index contributed by atoms with van der Waals surface area (Å²) in [4.78, 5) is 24.1. The van der Waals surface area contributed by atoms with Gasteiger partial charge in [0, 0.05) is 19.1 Å². The molecule has 3 aromatic rings. The molecule has 2 aromatic heterocycles. The molecule has 1 aliphatic heterocycles. The van der Waals surface area contributed by atoms with Crippen molar-refractivity contribution in [3.8, 4) is 6.07 Å². The van der Waals surface area contributed by atoms with Crippen molar-refractivity contribution >= 4 is 28.5 Å². The van der Waals surface area contributed by atoms with E-state index >= 15 is 0 Å². The largest absolute Gasteiger partial charge is 0.341 e. The van der Waals surface area contributed by atoms with Gasteiger partial charge < -0.3 is 10.6 Å². The molecule has 7 nitrogen and oxygen atoms in total. The Morgan fingerprint density at radius 2 is 2.18 bits per heavy atom. The minimum Gasteiger partial charge on any atom is -0.341 e. The van der Waals surface area contributed by atoms with Crippen molar-refractivity contribution in [2.75, 3.05) is 18.0 Å². The van der Waals surface area contributed by atoms with Crippen molar-refractivity contribution in [2.45, 2.75) is 25.4 Å². The lowest BCUT2D eigenvalue weighted by molar-refractivity contribution is 0.492. The second kappa shape index (κ2) is 7.58. The smallest absolute Gasteiger partial charge is 0.263 e. The zero-order chi connectivity index (χ0) is 19.7. The number of aromatic nitrogens is 3. The first kappa shape index (κ1) is 18.4. The molecular formula is C20H19ClN6O. The molecule has 1 fully saturated rings. The highest BCUT2D eigenvalue weighted by Gasteiger charge is 2.23. The van der Waals surface area contributed by atoms with Gasteiger partial charge in [-0.25, -0.2) is 9.97 Å². The highest BCUT2D eigenvalue weighted by atomic mass is 35.5. The normalized spacial score (nSPS) is 16.9. The van der Waals surface area contributed by atoms with E-state index in [1.807, 2.05) is 17.0 Å². The first-order valence-electron chi connectivity index (χ1n) is 9.11. The van der Waals surface area contributed by atoms with Crippen molar-refractivity contribution in [3.05, 3.63) is 63.2 Å². The zero-order valence-electron chi connectivity index (χ0n) is 15.2. The summed E-state index contributed by atoms with van der Waals surface area (Å²) in [6.07, 6.45) is 3.39. The molecule has 8 heteroatoms. The van der Waals surface area contributed by atoms with Gasteiger partial charge in [-0.3, -0.25) is 9.36 Å². The average molecular weight is 395 g/mol. The number of nitrogens with two attached hydrogens (primary N) is 1. The minimum absolute atomic E-state index is 0.0320. The summed E-state index contributed by atoms with van der Waals surface area (Å²) in [5.74, 6) is 0.546. The summed E-state index contributed by atoms with van der Waals surface area (Å²) in [5, 5.41) is 10.1. The van der Waals surface area contributed by atoms with Gasteiger partial charge in [-0.1, -0.05) is 29.8 Å². The van der Waals surface area contributed by atoms with Crippen LogP contribution in [0.25, 0.3) is 10.9 Å². The molecule has 3 heterocycles. The predicted octanol–water partition coefficient (Wildman–Crippen LogP) is 2.29. The van der Waals surface area contributed by atoms with Gasteiger partial charge in [-0.05, 0) is 30.5 Å². The van der Waals surface area contributed by atoms with Gasteiger partial charge in [0.15, 0.2) is 0 Å². The van der Waals surface area contributed by atoms with Crippen molar-refractivity contribution in [3.63, 3.8) is 0 Å². The second-order valence-corrected chi connectivity index (χ2v) is 7.33. The molecule has 1 atom stereocenters. The van der Waals surface area contributed by atoms with E-state index in [1.54, 1.807) is 16.7 Å². The van der Waals surface area contributed by atoms with Gasteiger partial charge >= 0.3 is 0 Å². The molecule has 0 aliphatic carbocycles. The van der Waals surface area contributed by atoms with Crippen LogP contribution in [-0.2, 0) is 6.54 Å². The van der Waals surface area contributed by atoms with Gasteiger partial charge in [0.1, 0.15) is 5.15 Å². The SMILES string of the molecule is N#Cc1ccccc1Cn1c(N2CCC[C@@H](N)C2)nc2cnc(Cl)cc2c1=O. The summed E-state index contributed by atoms with van der Waals surface area (Å²) in [7, 11) is 0. The number of nitrogens with zero attached hydrogens (tertiary/aromatic N) is 5. The molecule has 2 N–H and O–H groups in total. The van der Waals surface area contributed by atoms with E-state index in [9.17, 15) is 10.1 Å². The van der Waals surface area contributed by atoms with Crippen molar-refractivity contribution < 1.29 is 0 Å². The Hall–Kier alpha value is -2.95. The monoisotopic (exact) mass is 394 g/mol. The first-order chi connectivity index (χ1) is 13.6. The van der Waals surface area contributed by atoms with E-state index in [0.29, 0.717) is 29.0 Å². The summed E-state index contributed by atoms with van der Waals surface area (Å²) in [6, 6.07) is 11.0. The molecule has 1 aromatic carbocycles. The van der Waals surface area contributed by atoms with E-state index in [2.05, 4.69) is 11.1 Å². The molecule has 0 spiro atoms. The fourth-order valence-electron chi connectivity index (χ4n) is 3.60. The average Bonchev–Trinajstić information content (AvgIpc) is 2.70. The van der Waals surface area contributed by atoms with Crippen LogP contribution in [0.15, 0.2) is 41.3 Å². The summed E-state index contributed by atoms with van der Waals surface area (Å²) >= 11 is 6.00. The predicted molar refractivity (Wildman–Crippen MR) is 108 cm³/mol. The van der Waals surface area contributed by atoms with Crippen LogP contribution in [0.3, 0.4) is 0 Å². The lowest BCUT2D eigenvalue weighted by Gasteiger charge is -2.33. The van der Waals surface area contributed by atoms with Crippen LogP contribution >= 0.6 is 11.6 Å². The van der Waals surface area contributed by atoms with E-state index in [0.717, 1.165) is 24.9 Å². The Morgan fingerprint density at radius 1 is 1.36 bits per heavy atom. The van der Waals surface area contributed by atoms with Gasteiger partial charge in [-0.15, -0.1) is 0 Å². The lowest BCUT2D eigenvalue weighted by atomic mass is 10.1. The zero-order valence-corrected chi connectivity index (χ0v) is 15.9. The van der Waals surface area contributed by atoms with Crippen LogP contribution in [0.2, 0.25) is 5.15 Å². The Morgan fingerprint density at radius 3 is 2.96 bits per heavy atom. The van der Waals surface area contributed by atoms with Crippen molar-refractivity contribution in [1.29, 1.82) is 5.26 Å². The molecule has 0 unspecified atom stereocenters. The molecule has 142 valence electrons. The molecule has 0 radical (unpaired) electrons. The van der Waals surface area contributed by atoms with E-state index in [4.69, 9.17) is 22.3 Å². The third-order valence-corrected chi connectivity index (χ3v) is 5.20. The van der Waals surface area contributed by atoms with E-state index < -0.39 is 0 Å². The fraction of sp³-hybridized carbons (Fsp3) is 0.300. The number of rotatable bonds is 3. The Balaban J connectivity index is 1.91.